The molecule has 1 aromatic carbocycles. The molecular weight excluding hydrogens is 329 g/mol. The summed E-state index contributed by atoms with van der Waals surface area (Å²) in [7, 11) is 0. The zero-order valence-electron chi connectivity index (χ0n) is 12.2. The van der Waals surface area contributed by atoms with Crippen LogP contribution in [0.1, 0.15) is 5.76 Å². The number of furan rings is 1. The van der Waals surface area contributed by atoms with E-state index in [-0.39, 0.29) is 11.5 Å². The van der Waals surface area contributed by atoms with Crippen LogP contribution in [0.15, 0.2) is 63.8 Å². The number of nitrogens with one attached hydrogen (secondary N) is 1. The van der Waals surface area contributed by atoms with Gasteiger partial charge in [-0.1, -0.05) is 12.2 Å². The molecule has 0 bridgehead atoms. The Morgan fingerprint density at radius 3 is 2.88 bits per heavy atom. The zero-order chi connectivity index (χ0) is 16.5. The Kier molecular flexibility index (Phi) is 3.55. The number of aromatic nitrogens is 2. The fraction of sp³-hybridized carbons (Fsp3) is 0. The second kappa shape index (κ2) is 5.86. The molecule has 7 heteroatoms. The molecule has 4 rings (SSSR count). The van der Waals surface area contributed by atoms with Gasteiger partial charge in [-0.05, 0) is 42.5 Å². The lowest BCUT2D eigenvalue weighted by atomic mass is 10.2. The van der Waals surface area contributed by atoms with Gasteiger partial charge in [0.05, 0.1) is 11.8 Å². The molecule has 5 nitrogen and oxygen atoms in total. The first-order chi connectivity index (χ1) is 11.7. The number of fused-ring (bicyclic) bond motifs is 1. The van der Waals surface area contributed by atoms with Crippen LogP contribution >= 0.6 is 12.2 Å². The van der Waals surface area contributed by atoms with Crippen molar-refractivity contribution in [1.29, 1.82) is 0 Å². The van der Waals surface area contributed by atoms with Gasteiger partial charge in [-0.25, -0.2) is 9.37 Å². The Morgan fingerprint density at radius 1 is 1.17 bits per heavy atom. The standard InChI is InChI=1S/C17H10FN3O2S/c18-12-6-5-10(20-17(24)14-4-2-8-22-14)9-11(12)16-21-15-13(23-16)3-1-7-19-15/h1-9H,(H,20,24). The van der Waals surface area contributed by atoms with E-state index in [1.807, 2.05) is 0 Å². The number of pyridine rings is 1. The number of hydrogen-bond donors (Lipinski definition) is 1. The fourth-order valence-electron chi connectivity index (χ4n) is 2.25. The molecule has 118 valence electrons. The van der Waals surface area contributed by atoms with Crippen molar-refractivity contribution in [2.45, 2.75) is 0 Å². The third-order valence-corrected chi connectivity index (χ3v) is 3.67. The Bertz CT molecular complexity index is 994. The SMILES string of the molecule is Fc1ccc(NC(=S)c2ccco2)cc1-c1nc2ncccc2o1. The van der Waals surface area contributed by atoms with Crippen molar-refractivity contribution in [3.05, 3.63) is 66.5 Å². The van der Waals surface area contributed by atoms with Crippen molar-refractivity contribution in [2.75, 3.05) is 5.32 Å². The van der Waals surface area contributed by atoms with Crippen LogP contribution in [-0.2, 0) is 0 Å². The van der Waals surface area contributed by atoms with Crippen LogP contribution in [0.4, 0.5) is 10.1 Å². The van der Waals surface area contributed by atoms with Gasteiger partial charge in [0.25, 0.3) is 0 Å². The van der Waals surface area contributed by atoms with Crippen molar-refractivity contribution in [2.24, 2.45) is 0 Å². The molecule has 0 aliphatic rings. The van der Waals surface area contributed by atoms with Gasteiger partial charge in [-0.15, -0.1) is 0 Å². The molecule has 0 aliphatic heterocycles. The highest BCUT2D eigenvalue weighted by molar-refractivity contribution is 7.81. The van der Waals surface area contributed by atoms with Crippen LogP contribution in [0.3, 0.4) is 0 Å². The molecule has 4 aromatic rings. The Morgan fingerprint density at radius 2 is 2.08 bits per heavy atom. The number of halogens is 1. The van der Waals surface area contributed by atoms with E-state index in [1.165, 1.54) is 12.3 Å². The number of anilines is 1. The molecule has 3 heterocycles. The molecule has 0 amide bonds. The third kappa shape index (κ3) is 2.65. The van der Waals surface area contributed by atoms with Gasteiger partial charge in [-0.3, -0.25) is 0 Å². The van der Waals surface area contributed by atoms with Crippen LogP contribution < -0.4 is 5.32 Å². The summed E-state index contributed by atoms with van der Waals surface area (Å²) in [4.78, 5) is 8.70. The normalized spacial score (nSPS) is 10.9. The highest BCUT2D eigenvalue weighted by Gasteiger charge is 2.15. The summed E-state index contributed by atoms with van der Waals surface area (Å²) in [6.45, 7) is 0. The highest BCUT2D eigenvalue weighted by Crippen LogP contribution is 2.28. The van der Waals surface area contributed by atoms with Crippen molar-refractivity contribution in [3.8, 4) is 11.5 Å². The van der Waals surface area contributed by atoms with E-state index in [2.05, 4.69) is 15.3 Å². The molecule has 0 spiro atoms. The molecule has 1 N–H and O–H groups in total. The zero-order valence-corrected chi connectivity index (χ0v) is 13.0. The minimum Gasteiger partial charge on any atom is -0.462 e. The third-order valence-electron chi connectivity index (χ3n) is 3.36. The number of rotatable bonds is 3. The smallest absolute Gasteiger partial charge is 0.231 e. The second-order valence-corrected chi connectivity index (χ2v) is 5.38. The first-order valence-corrected chi connectivity index (χ1v) is 7.48. The molecule has 3 aromatic heterocycles. The largest absolute Gasteiger partial charge is 0.462 e. The fourth-order valence-corrected chi connectivity index (χ4v) is 2.49. The minimum absolute atomic E-state index is 0.161. The molecule has 24 heavy (non-hydrogen) atoms. The van der Waals surface area contributed by atoms with Crippen LogP contribution in [0.5, 0.6) is 0 Å². The van der Waals surface area contributed by atoms with Crippen molar-refractivity contribution >= 4 is 34.1 Å². The number of thiocarbonyl (C=S) groups is 1. The molecular formula is C17H10FN3O2S. The molecule has 0 fully saturated rings. The van der Waals surface area contributed by atoms with E-state index >= 15 is 0 Å². The first kappa shape index (κ1) is 14.5. The average molecular weight is 339 g/mol. The number of oxazole rings is 1. The quantitative estimate of drug-likeness (QED) is 0.558. The summed E-state index contributed by atoms with van der Waals surface area (Å²) < 4.78 is 25.0. The van der Waals surface area contributed by atoms with Gasteiger partial charge in [0.15, 0.2) is 17.0 Å². The van der Waals surface area contributed by atoms with E-state index < -0.39 is 5.82 Å². The van der Waals surface area contributed by atoms with E-state index in [0.717, 1.165) is 0 Å². The number of hydrogen-bond acceptors (Lipinski definition) is 5. The summed E-state index contributed by atoms with van der Waals surface area (Å²) in [6.07, 6.45) is 3.13. The molecule has 0 radical (unpaired) electrons. The van der Waals surface area contributed by atoms with Crippen LogP contribution in [-0.4, -0.2) is 15.0 Å². The van der Waals surface area contributed by atoms with Crippen LogP contribution in [0.2, 0.25) is 0 Å². The number of benzene rings is 1. The Hall–Kier alpha value is -3.06. The van der Waals surface area contributed by atoms with Crippen LogP contribution in [0, 0.1) is 5.82 Å². The lowest BCUT2D eigenvalue weighted by Gasteiger charge is -2.07. The van der Waals surface area contributed by atoms with E-state index in [0.29, 0.717) is 27.7 Å². The molecule has 0 saturated heterocycles. The van der Waals surface area contributed by atoms with Gasteiger partial charge in [-0.2, -0.15) is 4.98 Å². The van der Waals surface area contributed by atoms with E-state index in [1.54, 1.807) is 42.6 Å². The first-order valence-electron chi connectivity index (χ1n) is 7.07. The average Bonchev–Trinajstić information content (AvgIpc) is 3.25. The maximum absolute atomic E-state index is 14.2. The van der Waals surface area contributed by atoms with E-state index in [4.69, 9.17) is 21.1 Å². The molecule has 0 atom stereocenters. The molecule has 0 unspecified atom stereocenters. The second-order valence-electron chi connectivity index (χ2n) is 4.97. The maximum atomic E-state index is 14.2. The van der Waals surface area contributed by atoms with Crippen molar-refractivity contribution < 1.29 is 13.2 Å². The van der Waals surface area contributed by atoms with Crippen molar-refractivity contribution in [1.82, 2.24) is 9.97 Å². The number of nitrogens with zero attached hydrogens (tertiary/aromatic N) is 2. The van der Waals surface area contributed by atoms with Gasteiger partial charge < -0.3 is 14.2 Å². The van der Waals surface area contributed by atoms with Gasteiger partial charge in [0.2, 0.25) is 5.89 Å². The summed E-state index contributed by atoms with van der Waals surface area (Å²) in [5.41, 5.74) is 1.75. The summed E-state index contributed by atoms with van der Waals surface area (Å²) in [6, 6.07) is 11.4. The predicted molar refractivity (Wildman–Crippen MR) is 91.2 cm³/mol. The minimum atomic E-state index is -0.448. The van der Waals surface area contributed by atoms with Gasteiger partial charge in [0.1, 0.15) is 10.8 Å². The lowest BCUT2D eigenvalue weighted by Crippen LogP contribution is -2.09. The maximum Gasteiger partial charge on any atom is 0.231 e. The van der Waals surface area contributed by atoms with Gasteiger partial charge in [0, 0.05) is 11.9 Å². The Balaban J connectivity index is 1.69. The van der Waals surface area contributed by atoms with Crippen molar-refractivity contribution in [3.63, 3.8) is 0 Å². The summed E-state index contributed by atoms with van der Waals surface area (Å²) >= 11 is 5.25. The van der Waals surface area contributed by atoms with Gasteiger partial charge >= 0.3 is 0 Å². The monoisotopic (exact) mass is 339 g/mol. The predicted octanol–water partition coefficient (Wildman–Crippen LogP) is 4.41. The van der Waals surface area contributed by atoms with Crippen LogP contribution in [0.25, 0.3) is 22.7 Å². The Labute approximate surface area is 141 Å². The highest BCUT2D eigenvalue weighted by atomic mass is 32.1. The molecule has 0 aliphatic carbocycles. The topological polar surface area (TPSA) is 64.1 Å². The lowest BCUT2D eigenvalue weighted by molar-refractivity contribution is 0.559. The molecule has 0 saturated carbocycles. The van der Waals surface area contributed by atoms with E-state index in [9.17, 15) is 4.39 Å². The summed E-state index contributed by atoms with van der Waals surface area (Å²) in [5.74, 6) is 0.242. The summed E-state index contributed by atoms with van der Waals surface area (Å²) in [5, 5.41) is 3.00.